The van der Waals surface area contributed by atoms with Crippen molar-refractivity contribution in [2.45, 2.75) is 38.5 Å². The van der Waals surface area contributed by atoms with E-state index in [-0.39, 0.29) is 17.0 Å². The van der Waals surface area contributed by atoms with Gasteiger partial charge in [0.05, 0.1) is 5.75 Å². The lowest BCUT2D eigenvalue weighted by Crippen LogP contribution is -2.10. The average Bonchev–Trinajstić information content (AvgIpc) is 2.25. The maximum Gasteiger partial charge on any atom is 0.143 e. The van der Waals surface area contributed by atoms with Crippen LogP contribution in [0.25, 0.3) is 0 Å². The summed E-state index contributed by atoms with van der Waals surface area (Å²) in [6.07, 6.45) is 1.54. The van der Waals surface area contributed by atoms with Crippen molar-refractivity contribution in [3.05, 3.63) is 30.1 Å². The molecule has 0 amide bonds. The minimum atomic E-state index is -0.242. The Balaban J connectivity index is 2.31. The number of Topliss-reactive ketones (excluding diaryl/α,β-unsaturated/α-hetero) is 1. The number of hydrogen-bond acceptors (Lipinski definition) is 2. The van der Waals surface area contributed by atoms with E-state index in [1.165, 1.54) is 23.9 Å². The fraction of sp³-hybridized carbons (Fsp3) is 0.500. The van der Waals surface area contributed by atoms with Crippen LogP contribution in [0.3, 0.4) is 0 Å². The van der Waals surface area contributed by atoms with Gasteiger partial charge in [-0.1, -0.05) is 20.8 Å². The zero-order chi connectivity index (χ0) is 12.9. The summed E-state index contributed by atoms with van der Waals surface area (Å²) in [7, 11) is 0. The molecule has 0 aromatic heterocycles. The molecule has 0 atom stereocenters. The van der Waals surface area contributed by atoms with Crippen LogP contribution in [0.2, 0.25) is 0 Å². The Labute approximate surface area is 107 Å². The van der Waals surface area contributed by atoms with E-state index in [1.807, 2.05) is 0 Å². The van der Waals surface area contributed by atoms with Crippen molar-refractivity contribution in [3.8, 4) is 0 Å². The normalized spacial score (nSPS) is 11.5. The summed E-state index contributed by atoms with van der Waals surface area (Å²) in [5.74, 6) is 0.490. The van der Waals surface area contributed by atoms with Crippen LogP contribution in [0, 0.1) is 11.2 Å². The highest BCUT2D eigenvalue weighted by atomic mass is 32.2. The molecule has 0 saturated heterocycles. The van der Waals surface area contributed by atoms with Gasteiger partial charge in [-0.3, -0.25) is 4.79 Å². The third kappa shape index (κ3) is 6.47. The van der Waals surface area contributed by atoms with E-state index >= 15 is 0 Å². The van der Waals surface area contributed by atoms with E-state index in [4.69, 9.17) is 0 Å². The molecular weight excluding hydrogens is 235 g/mol. The molecule has 94 valence electrons. The summed E-state index contributed by atoms with van der Waals surface area (Å²) in [5, 5.41) is 0. The highest BCUT2D eigenvalue weighted by molar-refractivity contribution is 8.00. The van der Waals surface area contributed by atoms with E-state index in [2.05, 4.69) is 20.8 Å². The monoisotopic (exact) mass is 254 g/mol. The lowest BCUT2D eigenvalue weighted by molar-refractivity contribution is -0.117. The number of carbonyl (C=O) groups is 1. The van der Waals surface area contributed by atoms with Crippen LogP contribution in [0.5, 0.6) is 0 Å². The molecule has 0 aliphatic carbocycles. The Morgan fingerprint density at radius 2 is 1.82 bits per heavy atom. The third-order valence-corrected chi connectivity index (χ3v) is 3.44. The minimum absolute atomic E-state index is 0.205. The first kappa shape index (κ1) is 14.2. The van der Waals surface area contributed by atoms with E-state index in [0.29, 0.717) is 12.2 Å². The summed E-state index contributed by atoms with van der Waals surface area (Å²) in [5.41, 5.74) is 0.205. The van der Waals surface area contributed by atoms with E-state index < -0.39 is 0 Å². The molecule has 0 unspecified atom stereocenters. The number of ketones is 1. The Kier molecular flexibility index (Phi) is 5.19. The molecule has 1 rings (SSSR count). The fourth-order valence-corrected chi connectivity index (χ4v) is 2.08. The van der Waals surface area contributed by atoms with Crippen LogP contribution >= 0.6 is 11.8 Å². The largest absolute Gasteiger partial charge is 0.299 e. The average molecular weight is 254 g/mol. The van der Waals surface area contributed by atoms with Gasteiger partial charge in [-0.25, -0.2) is 4.39 Å². The maximum atomic E-state index is 12.7. The number of thioether (sulfide) groups is 1. The Bertz CT molecular complexity index is 365. The molecule has 0 bridgehead atoms. The Morgan fingerprint density at radius 1 is 1.24 bits per heavy atom. The van der Waals surface area contributed by atoms with Gasteiger partial charge in [-0.15, -0.1) is 11.8 Å². The SMILES string of the molecule is CC(C)(C)CCC(=O)CSc1ccc(F)cc1. The molecule has 0 radical (unpaired) electrons. The predicted molar refractivity (Wildman–Crippen MR) is 70.8 cm³/mol. The van der Waals surface area contributed by atoms with E-state index in [9.17, 15) is 9.18 Å². The first-order valence-corrected chi connectivity index (χ1v) is 6.75. The second kappa shape index (κ2) is 6.20. The maximum absolute atomic E-state index is 12.7. The van der Waals surface area contributed by atoms with Crippen LogP contribution in [-0.2, 0) is 4.79 Å². The lowest BCUT2D eigenvalue weighted by Gasteiger charge is -2.16. The number of hydrogen-bond donors (Lipinski definition) is 0. The molecule has 17 heavy (non-hydrogen) atoms. The van der Waals surface area contributed by atoms with Crippen molar-refractivity contribution in [2.24, 2.45) is 5.41 Å². The lowest BCUT2D eigenvalue weighted by atomic mass is 9.90. The van der Waals surface area contributed by atoms with E-state index in [0.717, 1.165) is 11.3 Å². The first-order valence-electron chi connectivity index (χ1n) is 5.77. The molecule has 0 heterocycles. The van der Waals surface area contributed by atoms with Gasteiger partial charge in [0.2, 0.25) is 0 Å². The summed E-state index contributed by atoms with van der Waals surface area (Å²) in [4.78, 5) is 12.6. The van der Waals surface area contributed by atoms with Crippen LogP contribution in [0.4, 0.5) is 4.39 Å². The van der Waals surface area contributed by atoms with Crippen LogP contribution < -0.4 is 0 Å². The highest BCUT2D eigenvalue weighted by Crippen LogP contribution is 2.23. The molecule has 0 N–H and O–H groups in total. The second-order valence-electron chi connectivity index (χ2n) is 5.34. The van der Waals surface area contributed by atoms with Gasteiger partial charge in [0, 0.05) is 11.3 Å². The van der Waals surface area contributed by atoms with Crippen molar-refractivity contribution in [3.63, 3.8) is 0 Å². The summed E-state index contributed by atoms with van der Waals surface area (Å²) < 4.78 is 12.7. The number of benzene rings is 1. The zero-order valence-corrected chi connectivity index (χ0v) is 11.4. The molecule has 0 saturated carbocycles. The molecule has 3 heteroatoms. The van der Waals surface area contributed by atoms with Crippen LogP contribution in [0.15, 0.2) is 29.2 Å². The third-order valence-electron chi connectivity index (χ3n) is 2.37. The molecule has 1 aromatic carbocycles. The summed E-state index contributed by atoms with van der Waals surface area (Å²) in [6.45, 7) is 6.40. The number of carbonyl (C=O) groups excluding carboxylic acids is 1. The summed E-state index contributed by atoms with van der Waals surface area (Å²) >= 11 is 1.47. The van der Waals surface area contributed by atoms with E-state index in [1.54, 1.807) is 12.1 Å². The van der Waals surface area contributed by atoms with Crippen molar-refractivity contribution in [1.82, 2.24) is 0 Å². The van der Waals surface area contributed by atoms with Crippen molar-refractivity contribution < 1.29 is 9.18 Å². The molecule has 0 aliphatic heterocycles. The first-order chi connectivity index (χ1) is 7.87. The standard InChI is InChI=1S/C14H19FOS/c1-14(2,3)9-8-12(16)10-17-13-6-4-11(15)5-7-13/h4-7H,8-10H2,1-3H3. The van der Waals surface area contributed by atoms with Crippen LogP contribution in [-0.4, -0.2) is 11.5 Å². The van der Waals surface area contributed by atoms with Crippen molar-refractivity contribution >= 4 is 17.5 Å². The highest BCUT2D eigenvalue weighted by Gasteiger charge is 2.12. The minimum Gasteiger partial charge on any atom is -0.299 e. The van der Waals surface area contributed by atoms with Gasteiger partial charge in [-0.2, -0.15) is 0 Å². The van der Waals surface area contributed by atoms with Gasteiger partial charge in [-0.05, 0) is 36.1 Å². The van der Waals surface area contributed by atoms with Gasteiger partial charge in [0.15, 0.2) is 0 Å². The Morgan fingerprint density at radius 3 is 2.35 bits per heavy atom. The second-order valence-corrected chi connectivity index (χ2v) is 6.39. The molecule has 1 aromatic rings. The molecule has 0 spiro atoms. The van der Waals surface area contributed by atoms with Crippen molar-refractivity contribution in [2.75, 3.05) is 5.75 Å². The fourth-order valence-electron chi connectivity index (χ4n) is 1.28. The van der Waals surface area contributed by atoms with Gasteiger partial charge in [0.1, 0.15) is 11.6 Å². The molecule has 0 fully saturated rings. The van der Waals surface area contributed by atoms with Crippen LogP contribution in [0.1, 0.15) is 33.6 Å². The zero-order valence-electron chi connectivity index (χ0n) is 10.6. The number of rotatable bonds is 5. The Hall–Kier alpha value is -0.830. The van der Waals surface area contributed by atoms with Gasteiger partial charge in [0.25, 0.3) is 0 Å². The van der Waals surface area contributed by atoms with Crippen molar-refractivity contribution in [1.29, 1.82) is 0 Å². The van der Waals surface area contributed by atoms with Gasteiger partial charge >= 0.3 is 0 Å². The topological polar surface area (TPSA) is 17.1 Å². The predicted octanol–water partition coefficient (Wildman–Crippen LogP) is 4.31. The molecular formula is C14H19FOS. The summed E-state index contributed by atoms with van der Waals surface area (Å²) in [6, 6.07) is 6.25. The molecule has 1 nitrogen and oxygen atoms in total. The number of halogens is 1. The van der Waals surface area contributed by atoms with Gasteiger partial charge < -0.3 is 0 Å². The molecule has 0 aliphatic rings. The smallest absolute Gasteiger partial charge is 0.143 e. The quantitative estimate of drug-likeness (QED) is 0.728.